The van der Waals surface area contributed by atoms with E-state index in [2.05, 4.69) is 30.8 Å². The van der Waals surface area contributed by atoms with E-state index in [-0.39, 0.29) is 5.15 Å². The summed E-state index contributed by atoms with van der Waals surface area (Å²) in [4.78, 5) is 21.2. The largest absolute Gasteiger partial charge is 0.375 e. The lowest BCUT2D eigenvalue weighted by Crippen LogP contribution is -2.22. The van der Waals surface area contributed by atoms with Crippen LogP contribution in [0.3, 0.4) is 0 Å². The zero-order chi connectivity index (χ0) is 22.8. The Bertz CT molecular complexity index is 1290. The van der Waals surface area contributed by atoms with Gasteiger partial charge in [0.1, 0.15) is 0 Å². The number of fused-ring (bicyclic) bond motifs is 1. The Balaban J connectivity index is 1.55. The van der Waals surface area contributed by atoms with Gasteiger partial charge in [-0.25, -0.2) is 24.0 Å². The number of hydrogen-bond acceptors (Lipinski definition) is 7. The highest BCUT2D eigenvalue weighted by atomic mass is 35.5. The Labute approximate surface area is 192 Å². The summed E-state index contributed by atoms with van der Waals surface area (Å²) in [5.41, 5.74) is 8.36. The second-order valence-electron chi connectivity index (χ2n) is 6.78. The van der Waals surface area contributed by atoms with Crippen molar-refractivity contribution in [2.24, 2.45) is 5.73 Å². The van der Waals surface area contributed by atoms with Crippen LogP contribution in [-0.4, -0.2) is 42.5 Å². The standard InChI is InChI=1S/C19H19Cl2N9O2/c1-10(32-2)17-14(8-23-16-4-15(21)28-30(16)17)27-19(31)26-12-3-13(20)18(24-7-12)29-9-11(5-22)6-25-29/h3-4,6-10H,5,22H2,1-2H3,(H2,26,27,31)/t10-/m0/s1. The monoisotopic (exact) mass is 475 g/mol. The fourth-order valence-corrected chi connectivity index (χ4v) is 3.48. The molecule has 13 heteroatoms. The first-order chi connectivity index (χ1) is 15.4. The van der Waals surface area contributed by atoms with Crippen molar-refractivity contribution < 1.29 is 9.53 Å². The summed E-state index contributed by atoms with van der Waals surface area (Å²) in [6, 6.07) is 2.66. The highest BCUT2D eigenvalue weighted by molar-refractivity contribution is 6.32. The fourth-order valence-electron chi connectivity index (χ4n) is 3.06. The number of amides is 2. The number of halogens is 2. The molecular formula is C19H19Cl2N9O2. The first-order valence-electron chi connectivity index (χ1n) is 9.44. The van der Waals surface area contributed by atoms with Crippen molar-refractivity contribution in [1.82, 2.24) is 29.4 Å². The molecular weight excluding hydrogens is 457 g/mol. The minimum atomic E-state index is -0.524. The zero-order valence-electron chi connectivity index (χ0n) is 17.1. The van der Waals surface area contributed by atoms with Crippen LogP contribution >= 0.6 is 23.2 Å². The highest BCUT2D eigenvalue weighted by Gasteiger charge is 2.19. The lowest BCUT2D eigenvalue weighted by Gasteiger charge is -2.17. The molecule has 0 aliphatic rings. The van der Waals surface area contributed by atoms with E-state index in [9.17, 15) is 4.79 Å². The molecule has 4 heterocycles. The number of pyridine rings is 1. The number of hydrogen-bond donors (Lipinski definition) is 3. The predicted molar refractivity (Wildman–Crippen MR) is 120 cm³/mol. The molecule has 0 aliphatic carbocycles. The fraction of sp³-hybridized carbons (Fsp3) is 0.211. The molecule has 4 rings (SSSR count). The van der Waals surface area contributed by atoms with Crippen molar-refractivity contribution in [1.29, 1.82) is 0 Å². The molecule has 1 atom stereocenters. The van der Waals surface area contributed by atoms with E-state index in [1.807, 2.05) is 6.92 Å². The first-order valence-corrected chi connectivity index (χ1v) is 10.2. The molecule has 4 N–H and O–H groups in total. The number of rotatable bonds is 6. The van der Waals surface area contributed by atoms with Gasteiger partial charge in [-0.1, -0.05) is 23.2 Å². The van der Waals surface area contributed by atoms with Crippen molar-refractivity contribution >= 4 is 46.3 Å². The second kappa shape index (κ2) is 9.09. The van der Waals surface area contributed by atoms with Crippen molar-refractivity contribution in [2.45, 2.75) is 19.6 Å². The van der Waals surface area contributed by atoms with E-state index in [0.717, 1.165) is 5.56 Å². The molecule has 4 aromatic heterocycles. The van der Waals surface area contributed by atoms with Gasteiger partial charge >= 0.3 is 6.03 Å². The topological polar surface area (TPSA) is 137 Å². The summed E-state index contributed by atoms with van der Waals surface area (Å²) >= 11 is 12.3. The number of urea groups is 1. The quantitative estimate of drug-likeness (QED) is 0.388. The third kappa shape index (κ3) is 4.36. The van der Waals surface area contributed by atoms with Crippen molar-refractivity contribution in [3.8, 4) is 5.82 Å². The number of methoxy groups -OCH3 is 1. The molecule has 4 aromatic rings. The number of nitrogens with two attached hydrogens (primary N) is 1. The van der Waals surface area contributed by atoms with Gasteiger partial charge in [-0.3, -0.25) is 0 Å². The smallest absolute Gasteiger partial charge is 0.323 e. The Morgan fingerprint density at radius 2 is 2.03 bits per heavy atom. The number of ether oxygens (including phenoxy) is 1. The van der Waals surface area contributed by atoms with Crippen LogP contribution in [0.15, 0.2) is 36.9 Å². The Kier molecular flexibility index (Phi) is 6.24. The van der Waals surface area contributed by atoms with Gasteiger partial charge < -0.3 is 21.1 Å². The van der Waals surface area contributed by atoms with E-state index in [0.29, 0.717) is 40.1 Å². The van der Waals surface area contributed by atoms with Crippen LogP contribution in [0, 0.1) is 0 Å². The lowest BCUT2D eigenvalue weighted by molar-refractivity contribution is 0.114. The molecule has 0 unspecified atom stereocenters. The first kappa shape index (κ1) is 22.0. The Morgan fingerprint density at radius 1 is 1.22 bits per heavy atom. The normalized spacial score (nSPS) is 12.2. The van der Waals surface area contributed by atoms with Gasteiger partial charge in [0.2, 0.25) is 0 Å². The number of aromatic nitrogens is 6. The second-order valence-corrected chi connectivity index (χ2v) is 7.57. The van der Waals surface area contributed by atoms with Crippen LogP contribution in [0.5, 0.6) is 0 Å². The van der Waals surface area contributed by atoms with Gasteiger partial charge in [-0.05, 0) is 13.0 Å². The predicted octanol–water partition coefficient (Wildman–Crippen LogP) is 3.43. The van der Waals surface area contributed by atoms with Crippen LogP contribution in [-0.2, 0) is 11.3 Å². The molecule has 0 radical (unpaired) electrons. The van der Waals surface area contributed by atoms with E-state index in [1.54, 1.807) is 31.6 Å². The molecule has 2 amide bonds. The number of nitrogens with one attached hydrogen (secondary N) is 2. The molecule has 0 aromatic carbocycles. The average Bonchev–Trinajstić information content (AvgIpc) is 3.39. The number of nitrogens with zero attached hydrogens (tertiary/aromatic N) is 6. The van der Waals surface area contributed by atoms with Crippen molar-refractivity contribution in [3.05, 3.63) is 58.4 Å². The molecule has 0 saturated heterocycles. The van der Waals surface area contributed by atoms with E-state index in [4.69, 9.17) is 33.7 Å². The van der Waals surface area contributed by atoms with Crippen LogP contribution in [0.25, 0.3) is 11.5 Å². The van der Waals surface area contributed by atoms with Crippen LogP contribution < -0.4 is 16.4 Å². The van der Waals surface area contributed by atoms with Crippen LogP contribution in [0.4, 0.5) is 16.2 Å². The third-order valence-electron chi connectivity index (χ3n) is 4.65. The summed E-state index contributed by atoms with van der Waals surface area (Å²) in [6.45, 7) is 2.17. The number of anilines is 2. The molecule has 0 fully saturated rings. The zero-order valence-corrected chi connectivity index (χ0v) is 18.6. The highest BCUT2D eigenvalue weighted by Crippen LogP contribution is 2.27. The van der Waals surface area contributed by atoms with Crippen molar-refractivity contribution in [3.63, 3.8) is 0 Å². The Hall–Kier alpha value is -3.25. The minimum Gasteiger partial charge on any atom is -0.375 e. The van der Waals surface area contributed by atoms with Crippen LogP contribution in [0.1, 0.15) is 24.3 Å². The molecule has 11 nitrogen and oxygen atoms in total. The molecule has 0 bridgehead atoms. The Morgan fingerprint density at radius 3 is 2.72 bits per heavy atom. The SMILES string of the molecule is CO[C@@H](C)c1c(NC(=O)Nc2cnc(-n3cc(CN)cn3)c(Cl)c2)cnc2cc(Cl)nn12. The minimum absolute atomic E-state index is 0.278. The molecule has 0 spiro atoms. The van der Waals surface area contributed by atoms with Gasteiger partial charge in [0, 0.05) is 31.5 Å². The summed E-state index contributed by atoms with van der Waals surface area (Å²) in [6.07, 6.45) is 5.96. The number of carbonyl (C=O) groups excluding carboxylic acids is 1. The van der Waals surface area contributed by atoms with Gasteiger partial charge in [0.15, 0.2) is 16.6 Å². The maximum atomic E-state index is 12.6. The van der Waals surface area contributed by atoms with E-state index in [1.165, 1.54) is 21.6 Å². The van der Waals surface area contributed by atoms with Gasteiger partial charge in [-0.15, -0.1) is 0 Å². The summed E-state index contributed by atoms with van der Waals surface area (Å²) in [5, 5.41) is 14.4. The van der Waals surface area contributed by atoms with Gasteiger partial charge in [0.05, 0.1) is 46.8 Å². The molecule has 32 heavy (non-hydrogen) atoms. The summed E-state index contributed by atoms with van der Waals surface area (Å²) in [5.74, 6) is 0.416. The third-order valence-corrected chi connectivity index (χ3v) is 5.11. The van der Waals surface area contributed by atoms with Crippen molar-refractivity contribution in [2.75, 3.05) is 17.7 Å². The van der Waals surface area contributed by atoms with Gasteiger partial charge in [0.25, 0.3) is 0 Å². The van der Waals surface area contributed by atoms with Gasteiger partial charge in [-0.2, -0.15) is 10.2 Å². The van der Waals surface area contributed by atoms with E-state index >= 15 is 0 Å². The molecule has 0 aliphatic heterocycles. The summed E-state index contributed by atoms with van der Waals surface area (Å²) < 4.78 is 8.47. The maximum Gasteiger partial charge on any atom is 0.323 e. The molecule has 0 saturated carbocycles. The number of carbonyl (C=O) groups is 1. The molecule has 166 valence electrons. The lowest BCUT2D eigenvalue weighted by atomic mass is 10.2. The van der Waals surface area contributed by atoms with Crippen LogP contribution in [0.2, 0.25) is 10.2 Å². The van der Waals surface area contributed by atoms with E-state index < -0.39 is 12.1 Å². The average molecular weight is 476 g/mol. The summed E-state index contributed by atoms with van der Waals surface area (Å²) in [7, 11) is 1.55. The maximum absolute atomic E-state index is 12.6.